The molecule has 1 heterocycles. The van der Waals surface area contributed by atoms with Crippen molar-refractivity contribution in [3.05, 3.63) is 29.8 Å². The maximum Gasteiger partial charge on any atom is 0.313 e. The summed E-state index contributed by atoms with van der Waals surface area (Å²) in [6.45, 7) is 2.84. The average molecular weight is 290 g/mol. The van der Waals surface area contributed by atoms with Crippen LogP contribution in [-0.2, 0) is 9.53 Å². The fraction of sp³-hybridized carbons (Fsp3) is 0.500. The molecule has 2 rings (SSSR count). The number of methoxy groups -OCH3 is 1. The summed E-state index contributed by atoms with van der Waals surface area (Å²) >= 11 is 0. The lowest BCUT2D eigenvalue weighted by Gasteiger charge is -2.22. The van der Waals surface area contributed by atoms with Crippen molar-refractivity contribution in [3.8, 4) is 0 Å². The van der Waals surface area contributed by atoms with E-state index in [2.05, 4.69) is 0 Å². The van der Waals surface area contributed by atoms with Crippen LogP contribution in [0.1, 0.15) is 23.7 Å². The molecule has 5 heteroatoms. The van der Waals surface area contributed by atoms with Gasteiger partial charge in [-0.1, -0.05) is 0 Å². The van der Waals surface area contributed by atoms with Gasteiger partial charge in [-0.05, 0) is 37.6 Å². The van der Waals surface area contributed by atoms with Crippen molar-refractivity contribution >= 4 is 17.6 Å². The van der Waals surface area contributed by atoms with Crippen LogP contribution in [-0.4, -0.2) is 51.1 Å². The topological polar surface area (TPSA) is 49.9 Å². The molecule has 0 aliphatic carbocycles. The molecule has 0 N–H and O–H groups in total. The molecule has 1 aliphatic rings. The van der Waals surface area contributed by atoms with Crippen molar-refractivity contribution in [1.29, 1.82) is 0 Å². The predicted molar refractivity (Wildman–Crippen MR) is 81.4 cm³/mol. The molecule has 1 amide bonds. The summed E-state index contributed by atoms with van der Waals surface area (Å²) in [5.74, 6) is -0.284. The molecular formula is C16H22N2O3. The van der Waals surface area contributed by atoms with Crippen LogP contribution < -0.4 is 4.90 Å². The molecule has 0 spiro atoms. The van der Waals surface area contributed by atoms with E-state index in [1.807, 2.05) is 50.2 Å². The molecule has 1 saturated heterocycles. The molecule has 0 saturated carbocycles. The number of hydrogen-bond acceptors (Lipinski definition) is 4. The lowest BCUT2D eigenvalue weighted by Crippen LogP contribution is -2.35. The quantitative estimate of drug-likeness (QED) is 0.796. The zero-order valence-corrected chi connectivity index (χ0v) is 13.0. The largest absolute Gasteiger partial charge is 0.469 e. The first kappa shape index (κ1) is 15.4. The summed E-state index contributed by atoms with van der Waals surface area (Å²) in [5.41, 5.74) is 1.11. The summed E-state index contributed by atoms with van der Waals surface area (Å²) in [6, 6.07) is 7.49. The van der Waals surface area contributed by atoms with Gasteiger partial charge in [-0.2, -0.15) is 0 Å². The Morgan fingerprint density at radius 2 is 1.86 bits per heavy atom. The van der Waals surface area contributed by atoms with E-state index in [-0.39, 0.29) is 11.9 Å². The molecule has 0 radical (unpaired) electrons. The second kappa shape index (κ2) is 5.76. The highest BCUT2D eigenvalue weighted by atomic mass is 16.5. The first-order chi connectivity index (χ1) is 9.87. The van der Waals surface area contributed by atoms with Crippen molar-refractivity contribution < 1.29 is 14.3 Å². The van der Waals surface area contributed by atoms with Crippen molar-refractivity contribution in [2.45, 2.75) is 13.3 Å². The summed E-state index contributed by atoms with van der Waals surface area (Å²) < 4.78 is 4.83. The molecule has 0 unspecified atom stereocenters. The first-order valence-corrected chi connectivity index (χ1v) is 7.02. The highest BCUT2D eigenvalue weighted by Gasteiger charge is 2.43. The molecule has 0 bridgehead atoms. The molecule has 21 heavy (non-hydrogen) atoms. The molecular weight excluding hydrogens is 268 g/mol. The van der Waals surface area contributed by atoms with E-state index >= 15 is 0 Å². The van der Waals surface area contributed by atoms with E-state index in [1.165, 1.54) is 7.11 Å². The van der Waals surface area contributed by atoms with Gasteiger partial charge >= 0.3 is 5.97 Å². The van der Waals surface area contributed by atoms with Crippen LogP contribution in [0.4, 0.5) is 5.69 Å². The lowest BCUT2D eigenvalue weighted by atomic mass is 9.90. The summed E-state index contributed by atoms with van der Waals surface area (Å²) in [5, 5.41) is 0. The van der Waals surface area contributed by atoms with Crippen LogP contribution in [0.5, 0.6) is 0 Å². The first-order valence-electron chi connectivity index (χ1n) is 7.02. The van der Waals surface area contributed by atoms with Gasteiger partial charge in [-0.15, -0.1) is 0 Å². The van der Waals surface area contributed by atoms with Gasteiger partial charge in [-0.25, -0.2) is 0 Å². The van der Waals surface area contributed by atoms with E-state index < -0.39 is 5.41 Å². The van der Waals surface area contributed by atoms with Crippen molar-refractivity contribution in [2.24, 2.45) is 5.41 Å². The van der Waals surface area contributed by atoms with Crippen LogP contribution in [0.15, 0.2) is 24.3 Å². The highest BCUT2D eigenvalue weighted by Crippen LogP contribution is 2.32. The third-order valence-corrected chi connectivity index (χ3v) is 4.07. The average Bonchev–Trinajstić information content (AvgIpc) is 2.89. The van der Waals surface area contributed by atoms with Gasteiger partial charge in [0.25, 0.3) is 5.91 Å². The predicted octanol–water partition coefficient (Wildman–Crippen LogP) is 1.78. The van der Waals surface area contributed by atoms with E-state index in [0.29, 0.717) is 25.1 Å². The van der Waals surface area contributed by atoms with Crippen LogP contribution >= 0.6 is 0 Å². The maximum absolute atomic E-state index is 12.5. The van der Waals surface area contributed by atoms with Crippen molar-refractivity contribution in [3.63, 3.8) is 0 Å². The molecule has 114 valence electrons. The number of amides is 1. The molecule has 1 aliphatic heterocycles. The normalized spacial score (nSPS) is 21.2. The Labute approximate surface area is 125 Å². The number of anilines is 1. The number of benzene rings is 1. The standard InChI is InChI=1S/C16H22N2O3/c1-16(15(20)21-4)9-10-18(11-16)14(19)12-5-7-13(8-6-12)17(2)3/h5-8H,9-11H2,1-4H3/t16-/m0/s1. The van der Waals surface area contributed by atoms with Crippen molar-refractivity contribution in [1.82, 2.24) is 4.90 Å². The van der Waals surface area contributed by atoms with Gasteiger partial charge in [0.05, 0.1) is 12.5 Å². The summed E-state index contributed by atoms with van der Waals surface area (Å²) in [4.78, 5) is 28.0. The second-order valence-corrected chi connectivity index (χ2v) is 5.97. The molecule has 1 atom stereocenters. The van der Waals surface area contributed by atoms with Crippen LogP contribution in [0.3, 0.4) is 0 Å². The molecule has 5 nitrogen and oxygen atoms in total. The van der Waals surface area contributed by atoms with Crippen LogP contribution in [0, 0.1) is 5.41 Å². The number of ether oxygens (including phenoxy) is 1. The summed E-state index contributed by atoms with van der Waals surface area (Å²) in [7, 11) is 5.30. The van der Waals surface area contributed by atoms with Crippen molar-refractivity contribution in [2.75, 3.05) is 39.2 Å². The minimum absolute atomic E-state index is 0.0343. The van der Waals surface area contributed by atoms with E-state index in [0.717, 1.165) is 5.69 Å². The van der Waals surface area contributed by atoms with Gasteiger partial charge in [0.15, 0.2) is 0 Å². The molecule has 1 aromatic carbocycles. The van der Waals surface area contributed by atoms with Gasteiger partial charge in [0.2, 0.25) is 0 Å². The zero-order chi connectivity index (χ0) is 15.6. The number of likely N-dealkylation sites (tertiary alicyclic amines) is 1. The van der Waals surface area contributed by atoms with E-state index in [4.69, 9.17) is 4.74 Å². The fourth-order valence-electron chi connectivity index (χ4n) is 2.63. The Balaban J connectivity index is 2.09. The van der Waals surface area contributed by atoms with Gasteiger partial charge in [-0.3, -0.25) is 9.59 Å². The Hall–Kier alpha value is -2.04. The van der Waals surface area contributed by atoms with Gasteiger partial charge in [0, 0.05) is 38.4 Å². The number of carbonyl (C=O) groups excluding carboxylic acids is 2. The fourth-order valence-corrected chi connectivity index (χ4v) is 2.63. The second-order valence-electron chi connectivity index (χ2n) is 5.97. The maximum atomic E-state index is 12.5. The van der Waals surface area contributed by atoms with Gasteiger partial charge < -0.3 is 14.5 Å². The van der Waals surface area contributed by atoms with Crippen LogP contribution in [0.2, 0.25) is 0 Å². The highest BCUT2D eigenvalue weighted by molar-refractivity contribution is 5.95. The third-order valence-electron chi connectivity index (χ3n) is 4.07. The SMILES string of the molecule is COC(=O)[C@@]1(C)CCN(C(=O)c2ccc(N(C)C)cc2)C1. The Bertz CT molecular complexity index is 539. The van der Waals surface area contributed by atoms with Gasteiger partial charge in [0.1, 0.15) is 0 Å². The van der Waals surface area contributed by atoms with E-state index in [9.17, 15) is 9.59 Å². The molecule has 1 fully saturated rings. The third kappa shape index (κ3) is 3.01. The number of esters is 1. The Morgan fingerprint density at radius 1 is 1.24 bits per heavy atom. The Kier molecular flexibility index (Phi) is 4.21. The minimum Gasteiger partial charge on any atom is -0.469 e. The lowest BCUT2D eigenvalue weighted by molar-refractivity contribution is -0.150. The number of rotatable bonds is 3. The monoisotopic (exact) mass is 290 g/mol. The number of carbonyl (C=O) groups is 2. The number of hydrogen-bond donors (Lipinski definition) is 0. The Morgan fingerprint density at radius 3 is 2.38 bits per heavy atom. The smallest absolute Gasteiger partial charge is 0.313 e. The molecule has 1 aromatic rings. The number of nitrogens with zero attached hydrogens (tertiary/aromatic N) is 2. The van der Waals surface area contributed by atoms with Crippen LogP contribution in [0.25, 0.3) is 0 Å². The molecule has 0 aromatic heterocycles. The van der Waals surface area contributed by atoms with E-state index in [1.54, 1.807) is 4.90 Å². The zero-order valence-electron chi connectivity index (χ0n) is 13.0. The minimum atomic E-state index is -0.589. The summed E-state index contributed by atoms with van der Waals surface area (Å²) in [6.07, 6.45) is 0.640.